The minimum Gasteiger partial charge on any atom is -0.464 e. The molecule has 0 fully saturated rings. The second-order valence-corrected chi connectivity index (χ2v) is 3.72. The molecule has 0 saturated heterocycles. The standard InChI is InChI=1S/C9H11FO2S/c1-3-12-9(11)8(10)7-4-6(2)13-5-7/h4-5,8H,3H2,1-2H3. The van der Waals surface area contributed by atoms with Gasteiger partial charge in [-0.2, -0.15) is 0 Å². The number of rotatable bonds is 3. The van der Waals surface area contributed by atoms with E-state index in [1.54, 1.807) is 18.4 Å². The number of carbonyl (C=O) groups excluding carboxylic acids is 1. The Labute approximate surface area is 80.3 Å². The third-order valence-corrected chi connectivity index (χ3v) is 2.42. The molecule has 0 spiro atoms. The number of hydrogen-bond acceptors (Lipinski definition) is 3. The maximum atomic E-state index is 13.3. The number of carbonyl (C=O) groups is 1. The van der Waals surface area contributed by atoms with Crippen LogP contribution in [0.2, 0.25) is 0 Å². The maximum absolute atomic E-state index is 13.3. The van der Waals surface area contributed by atoms with Crippen molar-refractivity contribution in [3.63, 3.8) is 0 Å². The minimum absolute atomic E-state index is 0.211. The molecule has 2 nitrogen and oxygen atoms in total. The van der Waals surface area contributed by atoms with Crippen LogP contribution in [0.25, 0.3) is 0 Å². The Hall–Kier alpha value is -0.900. The number of halogens is 1. The van der Waals surface area contributed by atoms with Crippen LogP contribution < -0.4 is 0 Å². The van der Waals surface area contributed by atoms with Crippen LogP contribution in [0.3, 0.4) is 0 Å². The first-order valence-electron chi connectivity index (χ1n) is 4.01. The topological polar surface area (TPSA) is 26.3 Å². The average Bonchev–Trinajstić information content (AvgIpc) is 2.51. The van der Waals surface area contributed by atoms with Gasteiger partial charge in [0, 0.05) is 10.4 Å². The molecular weight excluding hydrogens is 191 g/mol. The summed E-state index contributed by atoms with van der Waals surface area (Å²) in [5.41, 5.74) is 0.390. The second-order valence-electron chi connectivity index (χ2n) is 2.61. The monoisotopic (exact) mass is 202 g/mol. The van der Waals surface area contributed by atoms with Gasteiger partial charge < -0.3 is 4.74 Å². The number of aryl methyl sites for hydroxylation is 1. The SMILES string of the molecule is CCOC(=O)C(F)c1csc(C)c1. The number of hydrogen-bond donors (Lipinski definition) is 0. The number of esters is 1. The maximum Gasteiger partial charge on any atom is 0.345 e. The molecule has 0 N–H and O–H groups in total. The Morgan fingerprint density at radius 3 is 2.92 bits per heavy atom. The largest absolute Gasteiger partial charge is 0.464 e. The number of thiophene rings is 1. The summed E-state index contributed by atoms with van der Waals surface area (Å²) in [5.74, 6) is -0.805. The van der Waals surface area contributed by atoms with Crippen molar-refractivity contribution in [1.29, 1.82) is 0 Å². The summed E-state index contributed by atoms with van der Waals surface area (Å²) in [6, 6.07) is 1.66. The molecule has 0 amide bonds. The second kappa shape index (κ2) is 4.37. The molecule has 13 heavy (non-hydrogen) atoms. The predicted octanol–water partition coefficient (Wildman–Crippen LogP) is 2.63. The van der Waals surface area contributed by atoms with Gasteiger partial charge in [0.25, 0.3) is 0 Å². The smallest absolute Gasteiger partial charge is 0.345 e. The molecule has 0 aliphatic heterocycles. The van der Waals surface area contributed by atoms with Gasteiger partial charge in [-0.3, -0.25) is 0 Å². The van der Waals surface area contributed by atoms with Crippen molar-refractivity contribution in [2.75, 3.05) is 6.61 Å². The lowest BCUT2D eigenvalue weighted by molar-refractivity contribution is -0.149. The molecule has 0 aliphatic rings. The molecule has 0 bridgehead atoms. The third-order valence-electron chi connectivity index (χ3n) is 1.54. The van der Waals surface area contributed by atoms with Gasteiger partial charge in [0.05, 0.1) is 6.61 Å². The van der Waals surface area contributed by atoms with Crippen LogP contribution in [0.4, 0.5) is 4.39 Å². The molecule has 1 rings (SSSR count). The van der Waals surface area contributed by atoms with Gasteiger partial charge in [-0.05, 0) is 25.3 Å². The van der Waals surface area contributed by atoms with Gasteiger partial charge in [0.15, 0.2) is 0 Å². The lowest BCUT2D eigenvalue weighted by atomic mass is 10.2. The van der Waals surface area contributed by atoms with E-state index in [1.165, 1.54) is 11.3 Å². The zero-order valence-corrected chi connectivity index (χ0v) is 8.36. The first-order valence-corrected chi connectivity index (χ1v) is 4.89. The summed E-state index contributed by atoms with van der Waals surface area (Å²) < 4.78 is 17.8. The molecule has 4 heteroatoms. The van der Waals surface area contributed by atoms with E-state index in [0.717, 1.165) is 4.88 Å². The van der Waals surface area contributed by atoms with Crippen molar-refractivity contribution in [2.24, 2.45) is 0 Å². The van der Waals surface area contributed by atoms with Gasteiger partial charge in [0.1, 0.15) is 0 Å². The molecular formula is C9H11FO2S. The van der Waals surface area contributed by atoms with Crippen molar-refractivity contribution in [3.05, 3.63) is 21.9 Å². The van der Waals surface area contributed by atoms with Crippen molar-refractivity contribution >= 4 is 17.3 Å². The average molecular weight is 202 g/mol. The van der Waals surface area contributed by atoms with E-state index in [-0.39, 0.29) is 6.61 Å². The van der Waals surface area contributed by atoms with Gasteiger partial charge in [-0.25, -0.2) is 9.18 Å². The Bertz CT molecular complexity index is 296. The summed E-state index contributed by atoms with van der Waals surface area (Å²) in [4.78, 5) is 11.9. The number of alkyl halides is 1. The minimum atomic E-state index is -1.63. The Morgan fingerprint density at radius 1 is 1.77 bits per heavy atom. The van der Waals surface area contributed by atoms with Gasteiger partial charge in [-0.15, -0.1) is 11.3 Å². The Balaban J connectivity index is 2.67. The molecule has 1 aromatic heterocycles. The normalized spacial score (nSPS) is 12.5. The van der Waals surface area contributed by atoms with E-state index < -0.39 is 12.1 Å². The molecule has 1 unspecified atom stereocenters. The Kier molecular flexibility index (Phi) is 3.42. The zero-order valence-electron chi connectivity index (χ0n) is 7.54. The van der Waals surface area contributed by atoms with Crippen LogP contribution in [0.15, 0.2) is 11.4 Å². The van der Waals surface area contributed by atoms with Crippen LogP contribution in [0, 0.1) is 6.92 Å². The zero-order chi connectivity index (χ0) is 9.84. The molecule has 0 radical (unpaired) electrons. The lowest BCUT2D eigenvalue weighted by Crippen LogP contribution is -2.11. The quantitative estimate of drug-likeness (QED) is 0.704. The van der Waals surface area contributed by atoms with E-state index in [9.17, 15) is 9.18 Å². The third kappa shape index (κ3) is 2.52. The molecule has 1 aromatic rings. The highest BCUT2D eigenvalue weighted by Gasteiger charge is 2.21. The number of ether oxygens (including phenoxy) is 1. The van der Waals surface area contributed by atoms with Crippen molar-refractivity contribution < 1.29 is 13.9 Å². The fraction of sp³-hybridized carbons (Fsp3) is 0.444. The summed E-state index contributed by atoms with van der Waals surface area (Å²) in [7, 11) is 0. The molecule has 1 atom stereocenters. The summed E-state index contributed by atoms with van der Waals surface area (Å²) in [5, 5.41) is 1.64. The molecule has 0 saturated carbocycles. The first kappa shape index (κ1) is 10.2. The summed E-state index contributed by atoms with van der Waals surface area (Å²) in [6.45, 7) is 3.73. The molecule has 0 aliphatic carbocycles. The summed E-state index contributed by atoms with van der Waals surface area (Å²) >= 11 is 1.42. The van der Waals surface area contributed by atoms with E-state index in [0.29, 0.717) is 5.56 Å². The van der Waals surface area contributed by atoms with E-state index >= 15 is 0 Å². The van der Waals surface area contributed by atoms with Crippen LogP contribution in [-0.2, 0) is 9.53 Å². The van der Waals surface area contributed by atoms with E-state index in [2.05, 4.69) is 4.74 Å². The predicted molar refractivity (Wildman–Crippen MR) is 49.5 cm³/mol. The van der Waals surface area contributed by atoms with Crippen LogP contribution in [0.5, 0.6) is 0 Å². The molecule has 72 valence electrons. The van der Waals surface area contributed by atoms with E-state index in [1.807, 2.05) is 6.92 Å². The van der Waals surface area contributed by atoms with E-state index in [4.69, 9.17) is 0 Å². The highest BCUT2D eigenvalue weighted by atomic mass is 32.1. The highest BCUT2D eigenvalue weighted by Crippen LogP contribution is 2.24. The fourth-order valence-corrected chi connectivity index (χ4v) is 1.66. The summed E-state index contributed by atoms with van der Waals surface area (Å²) in [6.07, 6.45) is -1.63. The molecule has 0 aromatic carbocycles. The first-order chi connectivity index (χ1) is 6.15. The molecule has 1 heterocycles. The van der Waals surface area contributed by atoms with Crippen LogP contribution in [-0.4, -0.2) is 12.6 Å². The highest BCUT2D eigenvalue weighted by molar-refractivity contribution is 7.10. The van der Waals surface area contributed by atoms with Gasteiger partial charge in [0.2, 0.25) is 6.17 Å². The van der Waals surface area contributed by atoms with Crippen LogP contribution in [0.1, 0.15) is 23.5 Å². The Morgan fingerprint density at radius 2 is 2.46 bits per heavy atom. The van der Waals surface area contributed by atoms with Crippen LogP contribution >= 0.6 is 11.3 Å². The van der Waals surface area contributed by atoms with Crippen molar-refractivity contribution in [1.82, 2.24) is 0 Å². The van der Waals surface area contributed by atoms with Gasteiger partial charge in [-0.1, -0.05) is 0 Å². The van der Waals surface area contributed by atoms with Gasteiger partial charge >= 0.3 is 5.97 Å². The fourth-order valence-electron chi connectivity index (χ4n) is 0.948. The van der Waals surface area contributed by atoms with Crippen molar-refractivity contribution in [2.45, 2.75) is 20.0 Å². The van der Waals surface area contributed by atoms with Crippen molar-refractivity contribution in [3.8, 4) is 0 Å². The lowest BCUT2D eigenvalue weighted by Gasteiger charge is -2.04.